The molecule has 118 valence electrons. The Kier molecular flexibility index (Phi) is 5.00. The lowest BCUT2D eigenvalue weighted by atomic mass is 10.1. The van der Waals surface area contributed by atoms with Gasteiger partial charge in [0.15, 0.2) is 17.2 Å². The van der Waals surface area contributed by atoms with Gasteiger partial charge in [0, 0.05) is 0 Å². The van der Waals surface area contributed by atoms with E-state index in [0.29, 0.717) is 11.5 Å². The summed E-state index contributed by atoms with van der Waals surface area (Å²) in [6, 6.07) is 5.19. The van der Waals surface area contributed by atoms with E-state index in [1.807, 2.05) is 0 Å². The SMILES string of the molecule is C#CCOc1ccc(/C=C/c2onc(C)c2[N+](=O)[O-])cc1OC. The van der Waals surface area contributed by atoms with Gasteiger partial charge in [0.2, 0.25) is 5.76 Å². The van der Waals surface area contributed by atoms with E-state index in [9.17, 15) is 10.1 Å². The lowest BCUT2D eigenvalue weighted by Gasteiger charge is -2.09. The third kappa shape index (κ3) is 3.68. The molecular formula is C16H14N2O5. The average Bonchev–Trinajstić information content (AvgIpc) is 2.92. The Morgan fingerprint density at radius 2 is 2.22 bits per heavy atom. The lowest BCUT2D eigenvalue weighted by Crippen LogP contribution is -1.96. The van der Waals surface area contributed by atoms with E-state index in [1.165, 1.54) is 20.1 Å². The molecule has 0 amide bonds. The molecule has 1 aromatic heterocycles. The second-order valence-electron chi connectivity index (χ2n) is 4.47. The minimum atomic E-state index is -0.525. The minimum absolute atomic E-state index is 0.0825. The first-order chi connectivity index (χ1) is 11.1. The van der Waals surface area contributed by atoms with Gasteiger partial charge in [-0.25, -0.2) is 0 Å². The van der Waals surface area contributed by atoms with Crippen LogP contribution in [0.1, 0.15) is 17.0 Å². The molecule has 1 aromatic carbocycles. The fourth-order valence-electron chi connectivity index (χ4n) is 1.91. The maximum Gasteiger partial charge on any atom is 0.338 e. The van der Waals surface area contributed by atoms with Crippen molar-refractivity contribution in [1.82, 2.24) is 5.16 Å². The number of methoxy groups -OCH3 is 1. The van der Waals surface area contributed by atoms with E-state index in [2.05, 4.69) is 11.1 Å². The van der Waals surface area contributed by atoms with E-state index in [-0.39, 0.29) is 23.7 Å². The molecule has 23 heavy (non-hydrogen) atoms. The van der Waals surface area contributed by atoms with Crippen LogP contribution in [0.4, 0.5) is 5.69 Å². The number of hydrogen-bond donors (Lipinski definition) is 0. The van der Waals surface area contributed by atoms with Gasteiger partial charge in [-0.2, -0.15) is 0 Å². The van der Waals surface area contributed by atoms with Crippen molar-refractivity contribution in [2.24, 2.45) is 0 Å². The van der Waals surface area contributed by atoms with Crippen molar-refractivity contribution in [3.8, 4) is 23.8 Å². The summed E-state index contributed by atoms with van der Waals surface area (Å²) < 4.78 is 15.5. The summed E-state index contributed by atoms with van der Waals surface area (Å²) in [7, 11) is 1.51. The fraction of sp³-hybridized carbons (Fsp3) is 0.188. The van der Waals surface area contributed by atoms with Crippen LogP contribution >= 0.6 is 0 Å². The minimum Gasteiger partial charge on any atom is -0.493 e. The smallest absolute Gasteiger partial charge is 0.338 e. The molecule has 0 atom stereocenters. The van der Waals surface area contributed by atoms with Crippen molar-refractivity contribution >= 4 is 17.8 Å². The van der Waals surface area contributed by atoms with Crippen LogP contribution in [0.5, 0.6) is 11.5 Å². The second kappa shape index (κ2) is 7.13. The largest absolute Gasteiger partial charge is 0.493 e. The molecule has 0 unspecified atom stereocenters. The number of ether oxygens (including phenoxy) is 2. The maximum absolute atomic E-state index is 11.0. The van der Waals surface area contributed by atoms with Crippen LogP contribution in [0, 0.1) is 29.4 Å². The fourth-order valence-corrected chi connectivity index (χ4v) is 1.91. The molecule has 1 heterocycles. The zero-order valence-corrected chi connectivity index (χ0v) is 12.6. The highest BCUT2D eigenvalue weighted by Crippen LogP contribution is 2.29. The lowest BCUT2D eigenvalue weighted by molar-refractivity contribution is -0.386. The van der Waals surface area contributed by atoms with Crippen molar-refractivity contribution < 1.29 is 18.9 Å². The van der Waals surface area contributed by atoms with Crippen LogP contribution < -0.4 is 9.47 Å². The molecule has 0 fully saturated rings. The summed E-state index contributed by atoms with van der Waals surface area (Å²) in [5.41, 5.74) is 0.825. The average molecular weight is 314 g/mol. The van der Waals surface area contributed by atoms with Gasteiger partial charge in [-0.05, 0) is 30.7 Å². The van der Waals surface area contributed by atoms with Gasteiger partial charge in [-0.3, -0.25) is 10.1 Å². The molecule has 0 aliphatic carbocycles. The predicted octanol–water partition coefficient (Wildman–Crippen LogP) is 3.08. The van der Waals surface area contributed by atoms with Crippen LogP contribution in [-0.2, 0) is 0 Å². The van der Waals surface area contributed by atoms with Gasteiger partial charge in [-0.1, -0.05) is 23.2 Å². The second-order valence-corrected chi connectivity index (χ2v) is 4.47. The van der Waals surface area contributed by atoms with E-state index in [4.69, 9.17) is 20.4 Å². The third-order valence-electron chi connectivity index (χ3n) is 2.97. The summed E-state index contributed by atoms with van der Waals surface area (Å²) in [6.45, 7) is 1.65. The van der Waals surface area contributed by atoms with Crippen LogP contribution in [0.25, 0.3) is 12.2 Å². The van der Waals surface area contributed by atoms with Crippen molar-refractivity contribution in [3.05, 3.63) is 45.3 Å². The van der Waals surface area contributed by atoms with Crippen LogP contribution in [-0.4, -0.2) is 23.8 Å². The standard InChI is InChI=1S/C16H14N2O5/c1-4-9-22-13-7-5-12(10-15(13)21-3)6-8-14-16(18(19)20)11(2)17-23-14/h1,5-8,10H,9H2,2-3H3/b8-6+. The summed E-state index contributed by atoms with van der Waals surface area (Å²) in [5, 5.41) is 14.6. The van der Waals surface area contributed by atoms with Crippen molar-refractivity contribution in [2.45, 2.75) is 6.92 Å². The molecule has 0 saturated carbocycles. The Bertz CT molecular complexity index is 786. The van der Waals surface area contributed by atoms with Crippen molar-refractivity contribution in [1.29, 1.82) is 0 Å². The highest BCUT2D eigenvalue weighted by Gasteiger charge is 2.21. The van der Waals surface area contributed by atoms with Gasteiger partial charge in [0.05, 0.1) is 12.0 Å². The summed E-state index contributed by atoms with van der Waals surface area (Å²) in [5.74, 6) is 3.48. The monoisotopic (exact) mass is 314 g/mol. The Morgan fingerprint density at radius 3 is 2.87 bits per heavy atom. The topological polar surface area (TPSA) is 87.6 Å². The van der Waals surface area contributed by atoms with Gasteiger partial charge >= 0.3 is 5.69 Å². The maximum atomic E-state index is 11.0. The molecule has 0 N–H and O–H groups in total. The van der Waals surface area contributed by atoms with Gasteiger partial charge < -0.3 is 14.0 Å². The predicted molar refractivity (Wildman–Crippen MR) is 84.1 cm³/mol. The first kappa shape index (κ1) is 16.1. The van der Waals surface area contributed by atoms with Crippen molar-refractivity contribution in [3.63, 3.8) is 0 Å². The Labute approximate surface area is 132 Å². The van der Waals surface area contributed by atoms with Crippen LogP contribution in [0.15, 0.2) is 22.7 Å². The van der Waals surface area contributed by atoms with Gasteiger partial charge in [-0.15, -0.1) is 6.42 Å². The first-order valence-electron chi connectivity index (χ1n) is 6.60. The Balaban J connectivity index is 2.27. The number of hydrogen-bond acceptors (Lipinski definition) is 6. The molecule has 2 rings (SSSR count). The number of rotatable bonds is 6. The number of aryl methyl sites for hydroxylation is 1. The van der Waals surface area contributed by atoms with Gasteiger partial charge in [0.25, 0.3) is 0 Å². The molecule has 0 aliphatic rings. The van der Waals surface area contributed by atoms with E-state index < -0.39 is 4.92 Å². The zero-order valence-electron chi connectivity index (χ0n) is 12.6. The first-order valence-corrected chi connectivity index (χ1v) is 6.60. The highest BCUT2D eigenvalue weighted by molar-refractivity contribution is 5.72. The zero-order chi connectivity index (χ0) is 16.8. The number of terminal acetylenes is 1. The number of aromatic nitrogens is 1. The molecule has 0 aliphatic heterocycles. The third-order valence-corrected chi connectivity index (χ3v) is 2.97. The van der Waals surface area contributed by atoms with Gasteiger partial charge in [0.1, 0.15) is 6.61 Å². The summed E-state index contributed by atoms with van der Waals surface area (Å²) >= 11 is 0. The van der Waals surface area contributed by atoms with Crippen LogP contribution in [0.3, 0.4) is 0 Å². The molecule has 0 saturated heterocycles. The van der Waals surface area contributed by atoms with E-state index >= 15 is 0 Å². The molecule has 7 heteroatoms. The molecule has 0 radical (unpaired) electrons. The molecule has 0 spiro atoms. The number of nitrogens with zero attached hydrogens (tertiary/aromatic N) is 2. The van der Waals surface area contributed by atoms with Crippen LogP contribution in [0.2, 0.25) is 0 Å². The summed E-state index contributed by atoms with van der Waals surface area (Å²) in [4.78, 5) is 10.5. The highest BCUT2D eigenvalue weighted by atomic mass is 16.6. The Morgan fingerprint density at radius 1 is 1.43 bits per heavy atom. The molecular weight excluding hydrogens is 300 g/mol. The summed E-state index contributed by atoms with van der Waals surface area (Å²) in [6.07, 6.45) is 8.29. The van der Waals surface area contributed by atoms with E-state index in [0.717, 1.165) is 5.56 Å². The quantitative estimate of drug-likeness (QED) is 0.462. The van der Waals surface area contributed by atoms with Crippen molar-refractivity contribution in [2.75, 3.05) is 13.7 Å². The number of nitro groups is 1. The Hall–Kier alpha value is -3.27. The normalized spacial score (nSPS) is 10.5. The molecule has 2 aromatic rings. The molecule has 0 bridgehead atoms. The number of benzene rings is 1. The van der Waals surface area contributed by atoms with E-state index in [1.54, 1.807) is 24.3 Å². The molecule has 7 nitrogen and oxygen atoms in total.